The van der Waals surface area contributed by atoms with Crippen LogP contribution in [0.4, 0.5) is 0 Å². The van der Waals surface area contributed by atoms with Crippen molar-refractivity contribution in [3.05, 3.63) is 102 Å². The number of nitrogens with one attached hydrogen (secondary N) is 1. The molecule has 5 rings (SSSR count). The molecule has 0 saturated heterocycles. The molecule has 1 amide bonds. The molecule has 2 atom stereocenters. The van der Waals surface area contributed by atoms with E-state index in [9.17, 15) is 9.90 Å². The zero-order valence-corrected chi connectivity index (χ0v) is 17.5. The molecule has 0 bridgehead atoms. The zero-order chi connectivity index (χ0) is 21.2. The van der Waals surface area contributed by atoms with E-state index in [-0.39, 0.29) is 12.5 Å². The van der Waals surface area contributed by atoms with Crippen molar-refractivity contribution in [2.45, 2.75) is 12.1 Å². The molecule has 0 fully saturated rings. The molecule has 3 aromatic carbocycles. The van der Waals surface area contributed by atoms with Gasteiger partial charge >= 0.3 is 0 Å². The van der Waals surface area contributed by atoms with Gasteiger partial charge in [-0.25, -0.2) is 4.98 Å². The van der Waals surface area contributed by atoms with E-state index in [1.807, 2.05) is 89.5 Å². The number of benzene rings is 3. The smallest absolute Gasteiger partial charge is 0.247 e. The molecule has 0 aliphatic carbocycles. The first kappa shape index (κ1) is 19.5. The zero-order valence-electron chi connectivity index (χ0n) is 16.7. The number of para-hydroxylation sites is 2. The molecule has 2 heterocycles. The van der Waals surface area contributed by atoms with E-state index in [0.717, 1.165) is 31.6 Å². The van der Waals surface area contributed by atoms with E-state index < -0.39 is 12.1 Å². The molecule has 0 saturated carbocycles. The predicted molar refractivity (Wildman–Crippen MR) is 124 cm³/mol. The maximum absolute atomic E-state index is 13.3. The third-order valence-corrected chi connectivity index (χ3v) is 6.58. The number of aliphatic hydroxyl groups is 1. The quantitative estimate of drug-likeness (QED) is 0.413. The van der Waals surface area contributed by atoms with Crippen LogP contribution in [0.25, 0.3) is 21.1 Å². The number of rotatable bonds is 6. The molecule has 6 heteroatoms. The third-order valence-electron chi connectivity index (χ3n) is 5.37. The summed E-state index contributed by atoms with van der Waals surface area (Å²) in [7, 11) is 0. The third kappa shape index (κ3) is 3.83. The van der Waals surface area contributed by atoms with Crippen LogP contribution in [0.3, 0.4) is 0 Å². The largest absolute Gasteiger partial charge is 0.386 e. The van der Waals surface area contributed by atoms with Crippen LogP contribution in [0.15, 0.2) is 91.3 Å². The molecular weight excluding hydrogens is 406 g/mol. The molecule has 5 nitrogen and oxygen atoms in total. The van der Waals surface area contributed by atoms with Crippen LogP contribution < -0.4 is 5.32 Å². The standard InChI is InChI=1S/C25H21N3O2S/c29-21(23-14-18-10-4-7-13-22(18)31-23)15-26-25(30)24(17-8-2-1-3-9-17)28-16-27-19-11-5-6-12-20(19)28/h1-14,16,21,24,29H,15H2,(H,26,30). The van der Waals surface area contributed by atoms with Crippen LogP contribution in [0.1, 0.15) is 22.6 Å². The summed E-state index contributed by atoms with van der Waals surface area (Å²) < 4.78 is 3.00. The van der Waals surface area contributed by atoms with Gasteiger partial charge in [0.05, 0.1) is 17.4 Å². The molecule has 2 N–H and O–H groups in total. The predicted octanol–water partition coefficient (Wildman–Crippen LogP) is 4.69. The molecule has 0 aliphatic heterocycles. The fraction of sp³-hybridized carbons (Fsp3) is 0.120. The summed E-state index contributed by atoms with van der Waals surface area (Å²) >= 11 is 1.54. The van der Waals surface area contributed by atoms with Gasteiger partial charge in [0.1, 0.15) is 12.1 Å². The highest BCUT2D eigenvalue weighted by Gasteiger charge is 2.25. The Morgan fingerprint density at radius 2 is 1.74 bits per heavy atom. The minimum absolute atomic E-state index is 0.140. The number of fused-ring (bicyclic) bond motifs is 2. The summed E-state index contributed by atoms with van der Waals surface area (Å²) in [6.45, 7) is 0.140. The van der Waals surface area contributed by atoms with E-state index >= 15 is 0 Å². The molecule has 31 heavy (non-hydrogen) atoms. The van der Waals surface area contributed by atoms with Crippen molar-refractivity contribution >= 4 is 38.4 Å². The van der Waals surface area contributed by atoms with Gasteiger partial charge < -0.3 is 15.0 Å². The van der Waals surface area contributed by atoms with Crippen LogP contribution in [0, 0.1) is 0 Å². The molecular formula is C25H21N3O2S. The van der Waals surface area contributed by atoms with Gasteiger partial charge in [-0.3, -0.25) is 4.79 Å². The van der Waals surface area contributed by atoms with Gasteiger partial charge in [-0.2, -0.15) is 0 Å². The fourth-order valence-electron chi connectivity index (χ4n) is 3.82. The molecule has 5 aromatic rings. The van der Waals surface area contributed by atoms with Crippen molar-refractivity contribution in [3.8, 4) is 0 Å². The Balaban J connectivity index is 1.41. The average Bonchev–Trinajstić information content (AvgIpc) is 3.43. The first-order chi connectivity index (χ1) is 15.2. The number of imidazole rings is 1. The number of carbonyl (C=O) groups is 1. The number of amides is 1. The maximum atomic E-state index is 13.3. The molecule has 2 aromatic heterocycles. The second kappa shape index (κ2) is 8.34. The number of hydrogen-bond acceptors (Lipinski definition) is 4. The van der Waals surface area contributed by atoms with Crippen LogP contribution in [-0.2, 0) is 4.79 Å². The Labute approximate surface area is 183 Å². The van der Waals surface area contributed by atoms with Crippen LogP contribution in [0.2, 0.25) is 0 Å². The summed E-state index contributed by atoms with van der Waals surface area (Å²) in [6.07, 6.45) is 0.932. The second-order valence-electron chi connectivity index (χ2n) is 7.40. The lowest BCUT2D eigenvalue weighted by Crippen LogP contribution is -2.35. The van der Waals surface area contributed by atoms with E-state index in [0.29, 0.717) is 0 Å². The van der Waals surface area contributed by atoms with Crippen molar-refractivity contribution in [2.75, 3.05) is 6.54 Å². The SMILES string of the molecule is O=C(NCC(O)c1cc2ccccc2s1)C(c1ccccc1)n1cnc2ccccc21. The number of hydrogen-bond donors (Lipinski definition) is 2. The van der Waals surface area contributed by atoms with Crippen LogP contribution in [0.5, 0.6) is 0 Å². The van der Waals surface area contributed by atoms with Crippen molar-refractivity contribution in [1.82, 2.24) is 14.9 Å². The fourth-order valence-corrected chi connectivity index (χ4v) is 4.87. The first-order valence-corrected chi connectivity index (χ1v) is 10.9. The van der Waals surface area contributed by atoms with E-state index in [4.69, 9.17) is 0 Å². The summed E-state index contributed by atoms with van der Waals surface area (Å²) in [5, 5.41) is 14.7. The lowest BCUT2D eigenvalue weighted by molar-refractivity contribution is -0.123. The van der Waals surface area contributed by atoms with E-state index in [1.165, 1.54) is 0 Å². The topological polar surface area (TPSA) is 67.2 Å². The Morgan fingerprint density at radius 3 is 2.58 bits per heavy atom. The second-order valence-corrected chi connectivity index (χ2v) is 8.52. The lowest BCUT2D eigenvalue weighted by Gasteiger charge is -2.20. The van der Waals surface area contributed by atoms with E-state index in [2.05, 4.69) is 10.3 Å². The lowest BCUT2D eigenvalue weighted by atomic mass is 10.1. The van der Waals surface area contributed by atoms with Gasteiger partial charge in [0, 0.05) is 16.1 Å². The first-order valence-electron chi connectivity index (χ1n) is 10.1. The Morgan fingerprint density at radius 1 is 1.00 bits per heavy atom. The van der Waals surface area contributed by atoms with Gasteiger partial charge in [-0.05, 0) is 35.2 Å². The highest BCUT2D eigenvalue weighted by molar-refractivity contribution is 7.19. The number of aliphatic hydroxyl groups excluding tert-OH is 1. The van der Waals surface area contributed by atoms with Crippen LogP contribution in [-0.4, -0.2) is 27.1 Å². The van der Waals surface area contributed by atoms with Crippen molar-refractivity contribution in [3.63, 3.8) is 0 Å². The number of carbonyl (C=O) groups excluding carboxylic acids is 1. The van der Waals surface area contributed by atoms with Gasteiger partial charge in [0.15, 0.2) is 0 Å². The minimum atomic E-state index is -0.766. The Bertz CT molecular complexity index is 1310. The summed E-state index contributed by atoms with van der Waals surface area (Å²) in [6, 6.07) is 26.8. The molecule has 154 valence electrons. The normalized spacial score (nSPS) is 13.3. The minimum Gasteiger partial charge on any atom is -0.386 e. The maximum Gasteiger partial charge on any atom is 0.247 e. The average molecular weight is 428 g/mol. The summed E-state index contributed by atoms with van der Waals surface area (Å²) in [5.41, 5.74) is 2.58. The highest BCUT2D eigenvalue weighted by Crippen LogP contribution is 2.30. The molecule has 0 radical (unpaired) electrons. The van der Waals surface area contributed by atoms with E-state index in [1.54, 1.807) is 17.7 Å². The van der Waals surface area contributed by atoms with Crippen LogP contribution >= 0.6 is 11.3 Å². The van der Waals surface area contributed by atoms with Crippen molar-refractivity contribution < 1.29 is 9.90 Å². The number of aromatic nitrogens is 2. The molecule has 2 unspecified atom stereocenters. The molecule has 0 aliphatic rings. The molecule has 0 spiro atoms. The highest BCUT2D eigenvalue weighted by atomic mass is 32.1. The summed E-state index contributed by atoms with van der Waals surface area (Å²) in [5.74, 6) is -0.186. The van der Waals surface area contributed by atoms with Gasteiger partial charge in [-0.1, -0.05) is 60.7 Å². The number of nitrogens with zero attached hydrogens (tertiary/aromatic N) is 2. The monoisotopic (exact) mass is 427 g/mol. The Kier molecular flexibility index (Phi) is 5.24. The van der Waals surface area contributed by atoms with Gasteiger partial charge in [0.2, 0.25) is 5.91 Å². The van der Waals surface area contributed by atoms with Gasteiger partial charge in [0.25, 0.3) is 0 Å². The summed E-state index contributed by atoms with van der Waals surface area (Å²) in [4.78, 5) is 18.6. The Hall–Kier alpha value is -3.48. The van der Waals surface area contributed by atoms with Gasteiger partial charge in [-0.15, -0.1) is 11.3 Å². The number of thiophene rings is 1. The van der Waals surface area contributed by atoms with Crippen molar-refractivity contribution in [1.29, 1.82) is 0 Å². The van der Waals surface area contributed by atoms with Crippen molar-refractivity contribution in [2.24, 2.45) is 0 Å².